The van der Waals surface area contributed by atoms with Gasteiger partial charge in [-0.05, 0) is 0 Å². The number of ether oxygens (including phenoxy) is 2. The van der Waals surface area contributed by atoms with Gasteiger partial charge >= 0.3 is 7.82 Å². The summed E-state index contributed by atoms with van der Waals surface area (Å²) in [5.41, 5.74) is 0. The zero-order chi connectivity index (χ0) is 8.91. The minimum absolute atomic E-state index is 1.04. The van der Waals surface area contributed by atoms with E-state index in [2.05, 4.69) is 18.4 Å². The van der Waals surface area contributed by atoms with Gasteiger partial charge in [0.05, 0.1) is 0 Å². The van der Waals surface area contributed by atoms with Gasteiger partial charge in [0.1, 0.15) is 0 Å². The Kier molecular flexibility index (Phi) is 4.91. The Morgan fingerprint density at radius 2 is 1.91 bits per heavy atom. The van der Waals surface area contributed by atoms with Gasteiger partial charge in [0.25, 0.3) is 14.5 Å². The van der Waals surface area contributed by atoms with E-state index in [1.165, 1.54) is 14.2 Å². The zero-order valence-electron chi connectivity index (χ0n) is 6.51. The first-order chi connectivity index (χ1) is 5.05. The molecule has 11 heavy (non-hydrogen) atoms. The first-order valence-corrected chi connectivity index (χ1v) is 4.18. The molecular formula is C3H10BO6P. The molecule has 0 heterocycles. The van der Waals surface area contributed by atoms with Crippen molar-refractivity contribution in [2.24, 2.45) is 0 Å². The fourth-order valence-electron chi connectivity index (χ4n) is 0.334. The van der Waals surface area contributed by atoms with E-state index < -0.39 is 14.3 Å². The summed E-state index contributed by atoms with van der Waals surface area (Å²) in [5.74, 6) is 0. The SMILES string of the molecule is BOP(=O)(O)OC(OC)OC. The van der Waals surface area contributed by atoms with Crippen LogP contribution in [0.15, 0.2) is 0 Å². The molecule has 0 radical (unpaired) electrons. The van der Waals surface area contributed by atoms with E-state index in [0.29, 0.717) is 0 Å². The Labute approximate surface area is 65.5 Å². The van der Waals surface area contributed by atoms with E-state index >= 15 is 0 Å². The average Bonchev–Trinajstić information content (AvgIpc) is 2.00. The molecule has 0 aromatic rings. The maximum atomic E-state index is 10.7. The van der Waals surface area contributed by atoms with Gasteiger partial charge in [-0.25, -0.2) is 9.09 Å². The molecule has 0 spiro atoms. The topological polar surface area (TPSA) is 74.2 Å². The second kappa shape index (κ2) is 4.87. The van der Waals surface area contributed by atoms with Crippen molar-refractivity contribution in [2.75, 3.05) is 14.2 Å². The highest BCUT2D eigenvalue weighted by Crippen LogP contribution is 2.43. The predicted molar refractivity (Wildman–Crippen MR) is 38.3 cm³/mol. The van der Waals surface area contributed by atoms with Crippen molar-refractivity contribution in [3.63, 3.8) is 0 Å². The lowest BCUT2D eigenvalue weighted by Crippen LogP contribution is -2.16. The summed E-state index contributed by atoms with van der Waals surface area (Å²) in [4.78, 5) is 8.71. The Morgan fingerprint density at radius 3 is 2.18 bits per heavy atom. The molecule has 0 saturated heterocycles. The Balaban J connectivity index is 3.90. The normalized spacial score (nSPS) is 16.7. The molecule has 66 valence electrons. The van der Waals surface area contributed by atoms with Gasteiger partial charge in [0.15, 0.2) is 0 Å². The number of hydrogen-bond acceptors (Lipinski definition) is 5. The molecule has 1 atom stereocenters. The first kappa shape index (κ1) is 11.1. The van der Waals surface area contributed by atoms with E-state index in [1.807, 2.05) is 0 Å². The van der Waals surface area contributed by atoms with Gasteiger partial charge in [-0.2, -0.15) is 0 Å². The largest absolute Gasteiger partial charge is 0.461 e. The molecule has 1 N–H and O–H groups in total. The van der Waals surface area contributed by atoms with Crippen LogP contribution >= 0.6 is 7.82 Å². The van der Waals surface area contributed by atoms with Crippen LogP contribution in [0.1, 0.15) is 0 Å². The van der Waals surface area contributed by atoms with Crippen molar-refractivity contribution in [2.45, 2.75) is 6.48 Å². The summed E-state index contributed by atoms with van der Waals surface area (Å²) in [7, 11) is -0.432. The molecule has 0 amide bonds. The average molecular weight is 184 g/mol. The van der Waals surface area contributed by atoms with Crippen LogP contribution in [0.4, 0.5) is 0 Å². The second-order valence-corrected chi connectivity index (χ2v) is 3.03. The van der Waals surface area contributed by atoms with Crippen LogP contribution in [0.3, 0.4) is 0 Å². The number of rotatable bonds is 5. The number of phosphoric acid groups is 1. The van der Waals surface area contributed by atoms with Crippen molar-refractivity contribution in [3.05, 3.63) is 0 Å². The van der Waals surface area contributed by atoms with Gasteiger partial charge in [-0.3, -0.25) is 0 Å². The molecule has 6 nitrogen and oxygen atoms in total. The van der Waals surface area contributed by atoms with Crippen LogP contribution in [0.5, 0.6) is 0 Å². The Bertz CT molecular complexity index is 147. The minimum Gasteiger partial charge on any atom is -0.358 e. The van der Waals surface area contributed by atoms with Gasteiger partial charge in [-0.15, -0.1) is 0 Å². The van der Waals surface area contributed by atoms with Crippen LogP contribution in [0.2, 0.25) is 0 Å². The van der Waals surface area contributed by atoms with Crippen LogP contribution in [0, 0.1) is 0 Å². The van der Waals surface area contributed by atoms with E-state index in [0.717, 1.165) is 8.05 Å². The molecule has 0 aromatic heterocycles. The van der Waals surface area contributed by atoms with Gasteiger partial charge in [-0.1, -0.05) is 0 Å². The summed E-state index contributed by atoms with van der Waals surface area (Å²) in [6.07, 6.45) is 0. The van der Waals surface area contributed by atoms with Crippen molar-refractivity contribution in [1.29, 1.82) is 0 Å². The van der Waals surface area contributed by atoms with E-state index in [4.69, 9.17) is 4.89 Å². The summed E-state index contributed by atoms with van der Waals surface area (Å²) < 4.78 is 28.1. The van der Waals surface area contributed by atoms with Gasteiger partial charge in [0, 0.05) is 14.2 Å². The summed E-state index contributed by atoms with van der Waals surface area (Å²) in [6, 6.07) is 0. The van der Waals surface area contributed by atoms with Crippen LogP contribution in [-0.2, 0) is 23.0 Å². The molecule has 0 bridgehead atoms. The van der Waals surface area contributed by atoms with E-state index in [1.54, 1.807) is 0 Å². The van der Waals surface area contributed by atoms with Crippen LogP contribution < -0.4 is 0 Å². The molecule has 0 aliphatic carbocycles. The molecule has 0 rings (SSSR count). The Morgan fingerprint density at radius 1 is 1.45 bits per heavy atom. The summed E-state index contributed by atoms with van der Waals surface area (Å²) >= 11 is 0. The zero-order valence-corrected chi connectivity index (χ0v) is 7.41. The molecule has 0 aliphatic heterocycles. The quantitative estimate of drug-likeness (QED) is 0.344. The van der Waals surface area contributed by atoms with Crippen LogP contribution in [0.25, 0.3) is 0 Å². The van der Waals surface area contributed by atoms with Crippen molar-refractivity contribution >= 4 is 15.9 Å². The molecule has 0 aromatic carbocycles. The maximum absolute atomic E-state index is 10.7. The third kappa shape index (κ3) is 4.52. The van der Waals surface area contributed by atoms with E-state index in [-0.39, 0.29) is 0 Å². The molecular weight excluding hydrogens is 174 g/mol. The first-order valence-electron chi connectivity index (χ1n) is 2.68. The highest BCUT2D eigenvalue weighted by atomic mass is 31.2. The van der Waals surface area contributed by atoms with Crippen molar-refractivity contribution in [1.82, 2.24) is 0 Å². The molecule has 0 saturated carbocycles. The fraction of sp³-hybridized carbons (Fsp3) is 1.00. The fourth-order valence-corrected chi connectivity index (χ4v) is 0.810. The molecule has 0 aliphatic rings. The summed E-state index contributed by atoms with van der Waals surface area (Å²) in [5, 5.41) is 0. The smallest absolute Gasteiger partial charge is 0.358 e. The molecule has 8 heteroatoms. The standard InChI is InChI=1S/C3H10BO6P/c1-7-3(8-2)9-11(5,6)10-4/h3H,4H2,1-2H3,(H,5,6). The monoisotopic (exact) mass is 184 g/mol. The van der Waals surface area contributed by atoms with Gasteiger partial charge < -0.3 is 18.8 Å². The Hall–Kier alpha value is 0.0949. The highest BCUT2D eigenvalue weighted by molar-refractivity contribution is 7.48. The van der Waals surface area contributed by atoms with Crippen molar-refractivity contribution in [3.8, 4) is 0 Å². The highest BCUT2D eigenvalue weighted by Gasteiger charge is 2.23. The third-order valence-corrected chi connectivity index (χ3v) is 1.73. The lowest BCUT2D eigenvalue weighted by atomic mass is 10.6. The maximum Gasteiger partial charge on any atom is 0.461 e. The lowest BCUT2D eigenvalue weighted by molar-refractivity contribution is -0.225. The number of methoxy groups -OCH3 is 2. The number of phosphoric ester groups is 1. The predicted octanol–water partition coefficient (Wildman–Crippen LogP) is -0.756. The van der Waals surface area contributed by atoms with Gasteiger partial charge in [0.2, 0.25) is 0 Å². The second-order valence-electron chi connectivity index (χ2n) is 1.52. The van der Waals surface area contributed by atoms with Crippen molar-refractivity contribution < 1.29 is 27.9 Å². The van der Waals surface area contributed by atoms with E-state index in [9.17, 15) is 4.57 Å². The molecule has 0 fully saturated rings. The lowest BCUT2D eigenvalue weighted by Gasteiger charge is -2.16. The summed E-state index contributed by atoms with van der Waals surface area (Å²) in [6.45, 7) is -1.19. The van der Waals surface area contributed by atoms with Crippen LogP contribution in [-0.4, -0.2) is 33.6 Å². The number of hydrogen-bond donors (Lipinski definition) is 1. The third-order valence-electron chi connectivity index (χ3n) is 0.835. The minimum atomic E-state index is -4.01. The molecule has 1 unspecified atom stereocenters.